The Bertz CT molecular complexity index is 557. The molecule has 0 radical (unpaired) electrons. The molecule has 24 heavy (non-hydrogen) atoms. The fourth-order valence-corrected chi connectivity index (χ4v) is 3.08. The summed E-state index contributed by atoms with van der Waals surface area (Å²) >= 11 is 0. The second-order valence-electron chi connectivity index (χ2n) is 6.32. The fraction of sp³-hybridized carbons (Fsp3) is 0.556. The predicted molar refractivity (Wildman–Crippen MR) is 88.2 cm³/mol. The first kappa shape index (κ1) is 16.9. The van der Waals surface area contributed by atoms with Gasteiger partial charge in [0.25, 0.3) is 0 Å². The maximum atomic E-state index is 12.2. The van der Waals surface area contributed by atoms with E-state index in [4.69, 9.17) is 9.47 Å². The largest absolute Gasteiger partial charge is 0.381 e. The van der Waals surface area contributed by atoms with Crippen molar-refractivity contribution in [2.45, 2.75) is 25.5 Å². The highest BCUT2D eigenvalue weighted by atomic mass is 16.5. The van der Waals surface area contributed by atoms with Crippen LogP contribution in [0, 0.1) is 5.92 Å². The van der Waals surface area contributed by atoms with Gasteiger partial charge in [-0.2, -0.15) is 0 Å². The number of rotatable bonds is 5. The van der Waals surface area contributed by atoms with Crippen molar-refractivity contribution in [1.82, 2.24) is 10.2 Å². The zero-order valence-corrected chi connectivity index (χ0v) is 13.8. The zero-order chi connectivity index (χ0) is 16.8. The number of morpholine rings is 1. The Kier molecular flexibility index (Phi) is 5.82. The van der Waals surface area contributed by atoms with Gasteiger partial charge >= 0.3 is 0 Å². The predicted octanol–water partition coefficient (Wildman–Crippen LogP) is 0.957. The molecule has 0 bridgehead atoms. The van der Waals surface area contributed by atoms with Crippen LogP contribution in [-0.4, -0.2) is 55.7 Å². The van der Waals surface area contributed by atoms with E-state index in [0.29, 0.717) is 32.8 Å². The SMILES string of the molecule is O=C(NCC1CN(Cc2ccccc2)C(=O)CO1)C1CCOCC1. The van der Waals surface area contributed by atoms with E-state index in [-0.39, 0.29) is 30.4 Å². The highest BCUT2D eigenvalue weighted by Crippen LogP contribution is 2.15. The highest BCUT2D eigenvalue weighted by molar-refractivity contribution is 5.79. The van der Waals surface area contributed by atoms with E-state index in [1.54, 1.807) is 4.90 Å². The molecule has 2 aliphatic heterocycles. The molecule has 6 nitrogen and oxygen atoms in total. The number of hydrogen-bond donors (Lipinski definition) is 1. The Morgan fingerprint density at radius 3 is 2.71 bits per heavy atom. The van der Waals surface area contributed by atoms with Crippen LogP contribution >= 0.6 is 0 Å². The van der Waals surface area contributed by atoms with Crippen LogP contribution in [0.2, 0.25) is 0 Å². The molecule has 1 atom stereocenters. The Morgan fingerprint density at radius 1 is 1.21 bits per heavy atom. The number of amides is 2. The van der Waals surface area contributed by atoms with E-state index in [2.05, 4.69) is 5.32 Å². The number of ether oxygens (including phenoxy) is 2. The van der Waals surface area contributed by atoms with Crippen LogP contribution in [0.25, 0.3) is 0 Å². The molecule has 6 heteroatoms. The van der Waals surface area contributed by atoms with Gasteiger partial charge in [-0.25, -0.2) is 0 Å². The molecule has 0 aromatic heterocycles. The second-order valence-corrected chi connectivity index (χ2v) is 6.32. The van der Waals surface area contributed by atoms with Crippen molar-refractivity contribution < 1.29 is 19.1 Å². The van der Waals surface area contributed by atoms with Gasteiger partial charge in [0.05, 0.1) is 6.10 Å². The summed E-state index contributed by atoms with van der Waals surface area (Å²) in [5.74, 6) is 0.0867. The molecular weight excluding hydrogens is 308 g/mol. The van der Waals surface area contributed by atoms with E-state index < -0.39 is 0 Å². The van der Waals surface area contributed by atoms with Crippen molar-refractivity contribution in [1.29, 1.82) is 0 Å². The maximum absolute atomic E-state index is 12.2. The fourth-order valence-electron chi connectivity index (χ4n) is 3.08. The van der Waals surface area contributed by atoms with Crippen LogP contribution in [0.1, 0.15) is 18.4 Å². The Morgan fingerprint density at radius 2 is 1.96 bits per heavy atom. The van der Waals surface area contributed by atoms with Gasteiger partial charge in [0, 0.05) is 38.8 Å². The van der Waals surface area contributed by atoms with E-state index in [1.807, 2.05) is 30.3 Å². The van der Waals surface area contributed by atoms with Crippen molar-refractivity contribution in [2.24, 2.45) is 5.92 Å². The van der Waals surface area contributed by atoms with Gasteiger partial charge in [-0.15, -0.1) is 0 Å². The Hall–Kier alpha value is -1.92. The minimum atomic E-state index is -0.157. The summed E-state index contributed by atoms with van der Waals surface area (Å²) < 4.78 is 10.8. The molecule has 0 spiro atoms. The molecule has 3 rings (SSSR count). The van der Waals surface area contributed by atoms with E-state index in [0.717, 1.165) is 18.4 Å². The first-order valence-corrected chi connectivity index (χ1v) is 8.51. The minimum Gasteiger partial charge on any atom is -0.381 e. The standard InChI is InChI=1S/C18H24N2O4/c21-17-13-24-16(10-19-18(22)15-6-8-23-9-7-15)12-20(17)11-14-4-2-1-3-5-14/h1-5,15-16H,6-13H2,(H,19,22). The number of nitrogens with zero attached hydrogens (tertiary/aromatic N) is 1. The first-order valence-electron chi connectivity index (χ1n) is 8.51. The second kappa shape index (κ2) is 8.26. The molecule has 1 unspecified atom stereocenters. The Balaban J connectivity index is 1.48. The van der Waals surface area contributed by atoms with Gasteiger partial charge in [0.15, 0.2) is 0 Å². The average molecular weight is 332 g/mol. The lowest BCUT2D eigenvalue weighted by atomic mass is 9.99. The van der Waals surface area contributed by atoms with Crippen LogP contribution in [0.3, 0.4) is 0 Å². The Labute approximate surface area is 142 Å². The van der Waals surface area contributed by atoms with E-state index >= 15 is 0 Å². The van der Waals surface area contributed by atoms with Crippen molar-refractivity contribution in [2.75, 3.05) is 32.9 Å². The summed E-state index contributed by atoms with van der Waals surface area (Å²) in [6.07, 6.45) is 1.39. The summed E-state index contributed by atoms with van der Waals surface area (Å²) in [7, 11) is 0. The zero-order valence-electron chi connectivity index (χ0n) is 13.8. The molecule has 130 valence electrons. The molecule has 2 amide bonds. The number of carbonyl (C=O) groups excluding carboxylic acids is 2. The molecule has 2 fully saturated rings. The van der Waals surface area contributed by atoms with Gasteiger partial charge in [-0.1, -0.05) is 30.3 Å². The number of nitrogens with one attached hydrogen (secondary N) is 1. The molecular formula is C18H24N2O4. The molecule has 2 aliphatic rings. The smallest absolute Gasteiger partial charge is 0.248 e. The lowest BCUT2D eigenvalue weighted by molar-refractivity contribution is -0.149. The molecule has 1 N–H and O–H groups in total. The van der Waals surface area contributed by atoms with Gasteiger partial charge in [0.2, 0.25) is 11.8 Å². The summed E-state index contributed by atoms with van der Waals surface area (Å²) in [5.41, 5.74) is 1.10. The van der Waals surface area contributed by atoms with Crippen molar-refractivity contribution in [3.63, 3.8) is 0 Å². The van der Waals surface area contributed by atoms with E-state index in [9.17, 15) is 9.59 Å². The summed E-state index contributed by atoms with van der Waals surface area (Å²) in [6.45, 7) is 2.89. The third-order valence-corrected chi connectivity index (χ3v) is 4.53. The van der Waals surface area contributed by atoms with Crippen molar-refractivity contribution >= 4 is 11.8 Å². The average Bonchev–Trinajstić information content (AvgIpc) is 2.63. The molecule has 2 saturated heterocycles. The topological polar surface area (TPSA) is 67.9 Å². The van der Waals surface area contributed by atoms with Crippen LogP contribution < -0.4 is 5.32 Å². The van der Waals surface area contributed by atoms with E-state index in [1.165, 1.54) is 0 Å². The van der Waals surface area contributed by atoms with Crippen molar-refractivity contribution in [3.8, 4) is 0 Å². The molecule has 1 aromatic carbocycles. The number of carbonyl (C=O) groups is 2. The number of benzene rings is 1. The van der Waals surface area contributed by atoms with Crippen LogP contribution in [0.15, 0.2) is 30.3 Å². The summed E-state index contributed by atoms with van der Waals surface area (Å²) in [4.78, 5) is 26.0. The quantitative estimate of drug-likeness (QED) is 0.872. The lowest BCUT2D eigenvalue weighted by Crippen LogP contribution is -2.50. The number of hydrogen-bond acceptors (Lipinski definition) is 4. The normalized spacial score (nSPS) is 22.4. The molecule has 1 aromatic rings. The third-order valence-electron chi connectivity index (χ3n) is 4.53. The molecule has 0 saturated carbocycles. The van der Waals surface area contributed by atoms with Crippen LogP contribution in [-0.2, 0) is 25.6 Å². The van der Waals surface area contributed by atoms with Crippen LogP contribution in [0.4, 0.5) is 0 Å². The van der Waals surface area contributed by atoms with Crippen molar-refractivity contribution in [3.05, 3.63) is 35.9 Å². The summed E-state index contributed by atoms with van der Waals surface area (Å²) in [6, 6.07) is 9.90. The third kappa shape index (κ3) is 4.55. The minimum absolute atomic E-state index is 0.00846. The molecule has 0 aliphatic carbocycles. The van der Waals surface area contributed by atoms with Gasteiger partial charge in [-0.3, -0.25) is 9.59 Å². The summed E-state index contributed by atoms with van der Waals surface area (Å²) in [5, 5.41) is 2.96. The first-order chi connectivity index (χ1) is 11.7. The monoisotopic (exact) mass is 332 g/mol. The maximum Gasteiger partial charge on any atom is 0.248 e. The van der Waals surface area contributed by atoms with Gasteiger partial charge < -0.3 is 19.7 Å². The highest BCUT2D eigenvalue weighted by Gasteiger charge is 2.28. The van der Waals surface area contributed by atoms with Gasteiger partial charge in [0.1, 0.15) is 6.61 Å². The lowest BCUT2D eigenvalue weighted by Gasteiger charge is -2.33. The van der Waals surface area contributed by atoms with Crippen LogP contribution in [0.5, 0.6) is 0 Å². The van der Waals surface area contributed by atoms with Gasteiger partial charge in [-0.05, 0) is 18.4 Å². The molecule has 2 heterocycles.